The summed E-state index contributed by atoms with van der Waals surface area (Å²) in [7, 11) is 0. The highest BCUT2D eigenvalue weighted by Gasteiger charge is 2.12. The summed E-state index contributed by atoms with van der Waals surface area (Å²) in [4.78, 5) is 10.5. The maximum atomic E-state index is 10.5. The van der Waals surface area contributed by atoms with Crippen molar-refractivity contribution in [3.05, 3.63) is 32.9 Å². The van der Waals surface area contributed by atoms with E-state index in [4.69, 9.17) is 10.8 Å². The number of benzene rings is 1. The van der Waals surface area contributed by atoms with E-state index < -0.39 is 12.0 Å². The maximum Gasteiger partial charge on any atom is 0.320 e. The minimum Gasteiger partial charge on any atom is -0.480 e. The van der Waals surface area contributed by atoms with Gasteiger partial charge in [-0.25, -0.2) is 0 Å². The van der Waals surface area contributed by atoms with Gasteiger partial charge >= 0.3 is 5.97 Å². The van der Waals surface area contributed by atoms with Crippen molar-refractivity contribution in [2.24, 2.45) is 5.73 Å². The lowest BCUT2D eigenvalue weighted by Crippen LogP contribution is -2.32. The third kappa shape index (κ3) is 2.95. The van der Waals surface area contributed by atoms with Gasteiger partial charge in [-0.3, -0.25) is 4.79 Å². The van der Waals surface area contributed by atoms with Gasteiger partial charge in [0.15, 0.2) is 0 Å². The van der Waals surface area contributed by atoms with E-state index in [1.807, 2.05) is 25.1 Å². The summed E-state index contributed by atoms with van der Waals surface area (Å²) in [5.74, 6) is -0.957. The molecule has 1 rings (SSSR count). The van der Waals surface area contributed by atoms with Crippen LogP contribution in [0.5, 0.6) is 0 Å². The largest absolute Gasteiger partial charge is 0.480 e. The molecule has 4 heteroatoms. The Bertz CT molecular complexity index is 352. The number of carboxylic acids is 1. The van der Waals surface area contributed by atoms with Gasteiger partial charge in [0.2, 0.25) is 0 Å². The van der Waals surface area contributed by atoms with E-state index in [1.165, 1.54) is 3.57 Å². The maximum absolute atomic E-state index is 10.5. The van der Waals surface area contributed by atoms with Crippen LogP contribution in [-0.2, 0) is 11.2 Å². The molecule has 0 unspecified atom stereocenters. The van der Waals surface area contributed by atoms with Crippen LogP contribution in [0.1, 0.15) is 11.1 Å². The van der Waals surface area contributed by atoms with Gasteiger partial charge in [-0.05, 0) is 53.1 Å². The molecule has 0 aliphatic rings. The highest BCUT2D eigenvalue weighted by atomic mass is 127. The van der Waals surface area contributed by atoms with Crippen LogP contribution in [-0.4, -0.2) is 17.1 Å². The van der Waals surface area contributed by atoms with Crippen molar-refractivity contribution >= 4 is 28.6 Å². The van der Waals surface area contributed by atoms with Gasteiger partial charge in [-0.15, -0.1) is 0 Å². The third-order valence-electron chi connectivity index (χ3n) is 2.00. The summed E-state index contributed by atoms with van der Waals surface area (Å²) in [5.41, 5.74) is 7.56. The summed E-state index contributed by atoms with van der Waals surface area (Å²) in [6, 6.07) is 5.05. The molecule has 0 bridgehead atoms. The van der Waals surface area contributed by atoms with Gasteiger partial charge in [0.1, 0.15) is 6.04 Å². The minimum absolute atomic E-state index is 0.382. The molecule has 76 valence electrons. The Morgan fingerprint density at radius 3 is 2.79 bits per heavy atom. The van der Waals surface area contributed by atoms with Crippen molar-refractivity contribution in [1.29, 1.82) is 0 Å². The Morgan fingerprint density at radius 2 is 2.29 bits per heavy atom. The number of halogens is 1. The average molecular weight is 305 g/mol. The van der Waals surface area contributed by atoms with E-state index >= 15 is 0 Å². The van der Waals surface area contributed by atoms with Crippen LogP contribution in [0.4, 0.5) is 0 Å². The highest BCUT2D eigenvalue weighted by molar-refractivity contribution is 14.1. The van der Waals surface area contributed by atoms with Crippen LogP contribution in [0.2, 0.25) is 0 Å². The number of hydrogen-bond acceptors (Lipinski definition) is 2. The molecule has 3 N–H and O–H groups in total. The van der Waals surface area contributed by atoms with E-state index in [2.05, 4.69) is 22.6 Å². The number of nitrogens with two attached hydrogens (primary N) is 1. The van der Waals surface area contributed by atoms with Gasteiger partial charge in [-0.1, -0.05) is 12.1 Å². The van der Waals surface area contributed by atoms with Crippen LogP contribution >= 0.6 is 22.6 Å². The fourth-order valence-corrected chi connectivity index (χ4v) is 1.51. The number of rotatable bonds is 3. The number of carbonyl (C=O) groups is 1. The van der Waals surface area contributed by atoms with Crippen LogP contribution in [0.15, 0.2) is 18.2 Å². The first-order chi connectivity index (χ1) is 6.50. The fraction of sp³-hybridized carbons (Fsp3) is 0.300. The lowest BCUT2D eigenvalue weighted by molar-refractivity contribution is -0.138. The van der Waals surface area contributed by atoms with Crippen molar-refractivity contribution in [2.45, 2.75) is 19.4 Å². The monoisotopic (exact) mass is 305 g/mol. The summed E-state index contributed by atoms with van der Waals surface area (Å²) in [6.45, 7) is 2.00. The second kappa shape index (κ2) is 4.75. The zero-order valence-electron chi connectivity index (χ0n) is 7.83. The average Bonchev–Trinajstić information content (AvgIpc) is 2.11. The predicted molar refractivity (Wildman–Crippen MR) is 63.2 cm³/mol. The number of carboxylic acid groups (broad SMARTS) is 1. The molecule has 14 heavy (non-hydrogen) atoms. The third-order valence-corrected chi connectivity index (χ3v) is 3.21. The molecular formula is C10H12INO2. The fourth-order valence-electron chi connectivity index (χ4n) is 1.18. The molecule has 0 saturated carbocycles. The lowest BCUT2D eigenvalue weighted by Gasteiger charge is -2.07. The lowest BCUT2D eigenvalue weighted by atomic mass is 10.0. The number of aryl methyl sites for hydroxylation is 1. The van der Waals surface area contributed by atoms with E-state index in [-0.39, 0.29) is 0 Å². The first-order valence-corrected chi connectivity index (χ1v) is 5.32. The van der Waals surface area contributed by atoms with E-state index in [0.29, 0.717) is 6.42 Å². The smallest absolute Gasteiger partial charge is 0.320 e. The molecule has 0 heterocycles. The highest BCUT2D eigenvalue weighted by Crippen LogP contribution is 2.14. The Morgan fingerprint density at radius 1 is 1.64 bits per heavy atom. The summed E-state index contributed by atoms with van der Waals surface area (Å²) in [6.07, 6.45) is 0.382. The molecule has 1 aromatic carbocycles. The zero-order chi connectivity index (χ0) is 10.7. The summed E-state index contributed by atoms with van der Waals surface area (Å²) < 4.78 is 1.18. The van der Waals surface area contributed by atoms with Gasteiger partial charge in [-0.2, -0.15) is 0 Å². The molecule has 1 aromatic rings. The van der Waals surface area contributed by atoms with Gasteiger partial charge in [0, 0.05) is 3.57 Å². The minimum atomic E-state index is -0.957. The van der Waals surface area contributed by atoms with Crippen molar-refractivity contribution < 1.29 is 9.90 Å². The molecule has 0 saturated heterocycles. The molecule has 0 radical (unpaired) electrons. The second-order valence-corrected chi connectivity index (χ2v) is 4.39. The quantitative estimate of drug-likeness (QED) is 0.833. The Balaban J connectivity index is 2.78. The SMILES string of the molecule is Cc1cc(C[C@@H](N)C(=O)O)ccc1I. The molecule has 3 nitrogen and oxygen atoms in total. The second-order valence-electron chi connectivity index (χ2n) is 3.23. The predicted octanol–water partition coefficient (Wildman–Crippen LogP) is 1.55. The van der Waals surface area contributed by atoms with Crippen LogP contribution in [0.3, 0.4) is 0 Å². The normalized spacial score (nSPS) is 12.5. The molecular weight excluding hydrogens is 293 g/mol. The number of aliphatic carboxylic acids is 1. The van der Waals surface area contributed by atoms with Gasteiger partial charge in [0.05, 0.1) is 0 Å². The van der Waals surface area contributed by atoms with Crippen molar-refractivity contribution in [3.63, 3.8) is 0 Å². The van der Waals surface area contributed by atoms with E-state index in [1.54, 1.807) is 0 Å². The van der Waals surface area contributed by atoms with Crippen LogP contribution < -0.4 is 5.73 Å². The molecule has 0 aliphatic heterocycles. The molecule has 0 aromatic heterocycles. The standard InChI is InChI=1S/C10H12INO2/c1-6-4-7(2-3-8(6)11)5-9(12)10(13)14/h2-4,9H,5,12H2,1H3,(H,13,14)/t9-/m1/s1. The first-order valence-electron chi connectivity index (χ1n) is 4.24. The van der Waals surface area contributed by atoms with Crippen molar-refractivity contribution in [3.8, 4) is 0 Å². The topological polar surface area (TPSA) is 63.3 Å². The Kier molecular flexibility index (Phi) is 3.88. The summed E-state index contributed by atoms with van der Waals surface area (Å²) >= 11 is 2.24. The summed E-state index contributed by atoms with van der Waals surface area (Å²) in [5, 5.41) is 8.64. The van der Waals surface area contributed by atoms with Crippen LogP contribution in [0.25, 0.3) is 0 Å². The van der Waals surface area contributed by atoms with E-state index in [9.17, 15) is 4.79 Å². The number of hydrogen-bond donors (Lipinski definition) is 2. The Hall–Kier alpha value is -0.620. The Labute approximate surface area is 96.4 Å². The van der Waals surface area contributed by atoms with Gasteiger partial charge < -0.3 is 10.8 Å². The van der Waals surface area contributed by atoms with Crippen molar-refractivity contribution in [2.75, 3.05) is 0 Å². The molecule has 1 atom stereocenters. The first kappa shape index (κ1) is 11.5. The molecule has 0 fully saturated rings. The molecule has 0 aliphatic carbocycles. The zero-order valence-corrected chi connectivity index (χ0v) is 9.98. The molecule has 0 spiro atoms. The van der Waals surface area contributed by atoms with Crippen molar-refractivity contribution in [1.82, 2.24) is 0 Å². The van der Waals surface area contributed by atoms with E-state index in [0.717, 1.165) is 11.1 Å². The molecule has 0 amide bonds. The van der Waals surface area contributed by atoms with Crippen LogP contribution in [0, 0.1) is 10.5 Å². The van der Waals surface area contributed by atoms with Gasteiger partial charge in [0.25, 0.3) is 0 Å².